The van der Waals surface area contributed by atoms with Crippen molar-refractivity contribution in [3.05, 3.63) is 79.9 Å². The Kier molecular flexibility index (Phi) is 5.13. The van der Waals surface area contributed by atoms with E-state index in [1.807, 2.05) is 6.92 Å². The molecule has 0 aliphatic carbocycles. The second-order valence-corrected chi connectivity index (χ2v) is 6.48. The molecule has 0 amide bonds. The maximum Gasteiger partial charge on any atom is 0.269 e. The number of nitrogens with zero attached hydrogens (tertiary/aromatic N) is 3. The number of nitro groups is 2. The number of piperidine rings is 1. The van der Waals surface area contributed by atoms with Crippen molar-refractivity contribution in [2.24, 2.45) is 11.1 Å². The van der Waals surface area contributed by atoms with E-state index in [9.17, 15) is 25.4 Å². The Morgan fingerprint density at radius 3 is 1.89 bits per heavy atom. The van der Waals surface area contributed by atoms with Gasteiger partial charge < -0.3 is 10.5 Å². The number of nitrogens with one attached hydrogen (secondary N) is 1. The quantitative estimate of drug-likeness (QED) is 0.479. The minimum Gasteiger partial charge on any atom is -0.411 e. The Balaban J connectivity index is 1.89. The van der Waals surface area contributed by atoms with Crippen LogP contribution in [0.1, 0.15) is 36.6 Å². The van der Waals surface area contributed by atoms with Crippen LogP contribution in [0.25, 0.3) is 0 Å². The summed E-state index contributed by atoms with van der Waals surface area (Å²) in [6, 6.07) is 12.0. The number of nitro benzene ring substituents is 2. The molecule has 1 aliphatic heterocycles. The SMILES string of the molecule is C[C@H]1/C(=N\O)C[C@@H](c2ccc([N+](=O)[O-])cc2)N[C@H]1c1ccc([N+](=O)[O-])cc1. The molecule has 9 nitrogen and oxygen atoms in total. The standard InChI is InChI=1S/C18H18N4O5/c1-11-16(20-23)10-17(12-2-6-14(7-3-12)21(24)25)19-18(11)13-4-8-15(9-5-13)22(26)27/h2-9,11,17-19,23H,10H2,1H3/b20-16-/t11-,17-,18+/m0/s1. The molecule has 1 heterocycles. The van der Waals surface area contributed by atoms with Gasteiger partial charge in [0, 0.05) is 48.7 Å². The summed E-state index contributed by atoms with van der Waals surface area (Å²) in [6.07, 6.45) is 0.457. The second kappa shape index (κ2) is 7.50. The molecule has 27 heavy (non-hydrogen) atoms. The first kappa shape index (κ1) is 18.5. The molecule has 0 unspecified atom stereocenters. The first-order valence-electron chi connectivity index (χ1n) is 8.36. The van der Waals surface area contributed by atoms with Gasteiger partial charge in [-0.15, -0.1) is 0 Å². The number of benzene rings is 2. The summed E-state index contributed by atoms with van der Waals surface area (Å²) in [6.45, 7) is 1.92. The average Bonchev–Trinajstić information content (AvgIpc) is 2.68. The maximum atomic E-state index is 10.9. The molecule has 1 saturated heterocycles. The molecule has 0 aromatic heterocycles. The van der Waals surface area contributed by atoms with Gasteiger partial charge in [0.2, 0.25) is 0 Å². The van der Waals surface area contributed by atoms with Crippen molar-refractivity contribution < 1.29 is 15.1 Å². The fraction of sp³-hybridized carbons (Fsp3) is 0.278. The summed E-state index contributed by atoms with van der Waals surface area (Å²) in [5.41, 5.74) is 2.28. The van der Waals surface area contributed by atoms with E-state index in [1.54, 1.807) is 24.3 Å². The normalized spacial score (nSPS) is 23.9. The maximum absolute atomic E-state index is 10.9. The minimum absolute atomic E-state index is 0.00480. The smallest absolute Gasteiger partial charge is 0.269 e. The lowest BCUT2D eigenvalue weighted by Gasteiger charge is -2.37. The molecule has 2 aromatic carbocycles. The van der Waals surface area contributed by atoms with Gasteiger partial charge in [-0.2, -0.15) is 0 Å². The van der Waals surface area contributed by atoms with Crippen LogP contribution >= 0.6 is 0 Å². The lowest BCUT2D eigenvalue weighted by molar-refractivity contribution is -0.385. The molecule has 2 aromatic rings. The fourth-order valence-corrected chi connectivity index (χ4v) is 3.37. The molecule has 0 saturated carbocycles. The second-order valence-electron chi connectivity index (χ2n) is 6.48. The largest absolute Gasteiger partial charge is 0.411 e. The number of rotatable bonds is 4. The van der Waals surface area contributed by atoms with Crippen molar-refractivity contribution in [3.63, 3.8) is 0 Å². The molecule has 1 aliphatic rings. The first-order valence-corrected chi connectivity index (χ1v) is 8.36. The zero-order valence-corrected chi connectivity index (χ0v) is 14.5. The summed E-state index contributed by atoms with van der Waals surface area (Å²) in [5, 5.41) is 38.0. The van der Waals surface area contributed by atoms with Gasteiger partial charge in [0.1, 0.15) is 0 Å². The van der Waals surface area contributed by atoms with Crippen LogP contribution in [0.3, 0.4) is 0 Å². The lowest BCUT2D eigenvalue weighted by atomic mass is 9.81. The zero-order chi connectivity index (χ0) is 19.6. The molecule has 0 bridgehead atoms. The predicted molar refractivity (Wildman–Crippen MR) is 97.8 cm³/mol. The van der Waals surface area contributed by atoms with Gasteiger partial charge in [-0.3, -0.25) is 20.2 Å². The Labute approximate surface area is 154 Å². The molecule has 0 radical (unpaired) electrons. The highest BCUT2D eigenvalue weighted by Crippen LogP contribution is 2.36. The van der Waals surface area contributed by atoms with Gasteiger partial charge in [-0.25, -0.2) is 0 Å². The van der Waals surface area contributed by atoms with Gasteiger partial charge in [0.05, 0.1) is 15.6 Å². The Morgan fingerprint density at radius 2 is 1.44 bits per heavy atom. The van der Waals surface area contributed by atoms with E-state index in [1.165, 1.54) is 24.3 Å². The van der Waals surface area contributed by atoms with Crippen molar-refractivity contribution in [1.29, 1.82) is 0 Å². The van der Waals surface area contributed by atoms with Crippen LogP contribution < -0.4 is 5.32 Å². The molecular formula is C18H18N4O5. The van der Waals surface area contributed by atoms with Gasteiger partial charge in [-0.1, -0.05) is 36.3 Å². The molecule has 9 heteroatoms. The van der Waals surface area contributed by atoms with Crippen LogP contribution in [0, 0.1) is 26.1 Å². The van der Waals surface area contributed by atoms with Crippen LogP contribution in [-0.4, -0.2) is 20.8 Å². The van der Waals surface area contributed by atoms with E-state index in [4.69, 9.17) is 0 Å². The molecule has 0 spiro atoms. The highest BCUT2D eigenvalue weighted by molar-refractivity contribution is 5.88. The number of oxime groups is 1. The van der Waals surface area contributed by atoms with Gasteiger partial charge >= 0.3 is 0 Å². The topological polar surface area (TPSA) is 131 Å². The third-order valence-electron chi connectivity index (χ3n) is 4.92. The van der Waals surface area contributed by atoms with Gasteiger partial charge in [-0.05, 0) is 11.1 Å². The highest BCUT2D eigenvalue weighted by atomic mass is 16.6. The highest BCUT2D eigenvalue weighted by Gasteiger charge is 2.34. The summed E-state index contributed by atoms with van der Waals surface area (Å²) >= 11 is 0. The molecule has 3 rings (SSSR count). The van der Waals surface area contributed by atoms with E-state index in [2.05, 4.69) is 10.5 Å². The van der Waals surface area contributed by atoms with E-state index in [-0.39, 0.29) is 29.4 Å². The molecule has 140 valence electrons. The molecule has 3 atom stereocenters. The number of hydrogen-bond donors (Lipinski definition) is 2. The van der Waals surface area contributed by atoms with Crippen molar-refractivity contribution in [3.8, 4) is 0 Å². The summed E-state index contributed by atoms with van der Waals surface area (Å²) in [7, 11) is 0. The molecular weight excluding hydrogens is 352 g/mol. The van der Waals surface area contributed by atoms with Crippen LogP contribution in [0.4, 0.5) is 11.4 Å². The number of hydrogen-bond acceptors (Lipinski definition) is 7. The van der Waals surface area contributed by atoms with E-state index >= 15 is 0 Å². The van der Waals surface area contributed by atoms with Crippen LogP contribution in [0.2, 0.25) is 0 Å². The van der Waals surface area contributed by atoms with Crippen LogP contribution in [0.5, 0.6) is 0 Å². The predicted octanol–water partition coefficient (Wildman–Crippen LogP) is 3.75. The molecule has 1 fully saturated rings. The summed E-state index contributed by atoms with van der Waals surface area (Å²) in [5.74, 6) is -0.120. The minimum atomic E-state index is -0.458. The van der Waals surface area contributed by atoms with Crippen molar-refractivity contribution >= 4 is 17.1 Å². The molecule has 2 N–H and O–H groups in total. The van der Waals surface area contributed by atoms with Crippen molar-refractivity contribution in [2.45, 2.75) is 25.4 Å². The van der Waals surface area contributed by atoms with Gasteiger partial charge in [0.15, 0.2) is 0 Å². The Hall–Kier alpha value is -3.33. The van der Waals surface area contributed by atoms with E-state index in [0.717, 1.165) is 11.1 Å². The number of non-ortho nitro benzene ring substituents is 2. The lowest BCUT2D eigenvalue weighted by Crippen LogP contribution is -2.41. The van der Waals surface area contributed by atoms with Crippen molar-refractivity contribution in [1.82, 2.24) is 5.32 Å². The van der Waals surface area contributed by atoms with Gasteiger partial charge in [0.25, 0.3) is 11.4 Å². The van der Waals surface area contributed by atoms with E-state index in [0.29, 0.717) is 12.1 Å². The average molecular weight is 370 g/mol. The van der Waals surface area contributed by atoms with E-state index < -0.39 is 9.85 Å². The monoisotopic (exact) mass is 370 g/mol. The Bertz CT molecular complexity index is 880. The third kappa shape index (κ3) is 3.77. The summed E-state index contributed by atoms with van der Waals surface area (Å²) < 4.78 is 0. The van der Waals surface area contributed by atoms with Crippen molar-refractivity contribution in [2.75, 3.05) is 0 Å². The summed E-state index contributed by atoms with van der Waals surface area (Å²) in [4.78, 5) is 20.8. The zero-order valence-electron chi connectivity index (χ0n) is 14.5. The van der Waals surface area contributed by atoms with Crippen LogP contribution in [-0.2, 0) is 0 Å². The van der Waals surface area contributed by atoms with Crippen LogP contribution in [0.15, 0.2) is 53.7 Å². The third-order valence-corrected chi connectivity index (χ3v) is 4.92. The Morgan fingerprint density at radius 1 is 0.963 bits per heavy atom. The first-order chi connectivity index (χ1) is 12.9. The fourth-order valence-electron chi connectivity index (χ4n) is 3.37.